The topological polar surface area (TPSA) is 230 Å². The van der Waals surface area contributed by atoms with Gasteiger partial charge in [-0.15, -0.1) is 0 Å². The maximum atomic E-state index is 11.9. The number of rotatable bonds is 9. The highest BCUT2D eigenvalue weighted by molar-refractivity contribution is 5.83. The Labute approximate surface area is 141 Å². The molecule has 0 aromatic carbocycles. The van der Waals surface area contributed by atoms with Crippen LogP contribution >= 0.6 is 0 Å². The van der Waals surface area contributed by atoms with Gasteiger partial charge in [-0.1, -0.05) is 5.16 Å². The van der Waals surface area contributed by atoms with E-state index in [0.29, 0.717) is 0 Å². The van der Waals surface area contributed by atoms with Crippen molar-refractivity contribution >= 4 is 17.9 Å². The Kier molecular flexibility index (Phi) is 7.22. The molecule has 0 bridgehead atoms. The molecule has 13 heteroatoms. The molecule has 0 fully saturated rings. The average molecular weight is 361 g/mol. The number of aliphatic hydroxyl groups excluding tert-OH is 2. The quantitative estimate of drug-likeness (QED) is 0.237. The summed E-state index contributed by atoms with van der Waals surface area (Å²) in [5.74, 6) is -2.23. The maximum absolute atomic E-state index is 11.9. The molecule has 4 atom stereocenters. The Morgan fingerprint density at radius 2 is 2.00 bits per heavy atom. The Hall–Kier alpha value is -2.77. The summed E-state index contributed by atoms with van der Waals surface area (Å²) in [6.45, 7) is 0.772. The van der Waals surface area contributed by atoms with Crippen molar-refractivity contribution in [2.45, 2.75) is 37.6 Å². The molecule has 1 rings (SSSR count). The van der Waals surface area contributed by atoms with E-state index < -0.39 is 55.2 Å². The molecule has 1 unspecified atom stereocenters. The monoisotopic (exact) mass is 361 g/mol. The molecule has 0 radical (unpaired) electrons. The van der Waals surface area contributed by atoms with Gasteiger partial charge < -0.3 is 41.9 Å². The number of nitrogens with two attached hydrogens (primary N) is 2. The molecule has 10 N–H and O–H groups in total. The van der Waals surface area contributed by atoms with Crippen LogP contribution < -0.4 is 22.1 Å². The summed E-state index contributed by atoms with van der Waals surface area (Å²) in [7, 11) is 0. The number of nitrogens with zero attached hydrogens (tertiary/aromatic N) is 2. The van der Waals surface area contributed by atoms with Gasteiger partial charge >= 0.3 is 12.0 Å². The molecule has 0 saturated carbocycles. The molecule has 1 aromatic heterocycles. The van der Waals surface area contributed by atoms with E-state index in [0.717, 1.165) is 0 Å². The lowest BCUT2D eigenvalue weighted by Crippen LogP contribution is -2.52. The summed E-state index contributed by atoms with van der Waals surface area (Å²) in [6, 6.07) is -4.49. The van der Waals surface area contributed by atoms with Gasteiger partial charge in [-0.05, 0) is 6.92 Å². The van der Waals surface area contributed by atoms with Gasteiger partial charge in [0.05, 0.1) is 25.2 Å². The first-order valence-electron chi connectivity index (χ1n) is 7.14. The van der Waals surface area contributed by atoms with Crippen molar-refractivity contribution in [1.82, 2.24) is 20.8 Å². The predicted molar refractivity (Wildman–Crippen MR) is 80.6 cm³/mol. The van der Waals surface area contributed by atoms with Crippen LogP contribution in [0.3, 0.4) is 0 Å². The van der Waals surface area contributed by atoms with Crippen molar-refractivity contribution in [2.75, 3.05) is 6.61 Å². The van der Waals surface area contributed by atoms with E-state index in [-0.39, 0.29) is 11.7 Å². The third-order valence-corrected chi connectivity index (χ3v) is 3.05. The Morgan fingerprint density at radius 3 is 2.48 bits per heavy atom. The van der Waals surface area contributed by atoms with Crippen LogP contribution in [0.4, 0.5) is 4.79 Å². The van der Waals surface area contributed by atoms with Gasteiger partial charge in [0.25, 0.3) is 0 Å². The van der Waals surface area contributed by atoms with Crippen LogP contribution in [-0.4, -0.2) is 62.1 Å². The summed E-state index contributed by atoms with van der Waals surface area (Å²) in [5, 5.41) is 33.2. The minimum atomic E-state index is -1.46. The summed E-state index contributed by atoms with van der Waals surface area (Å²) < 4.78 is 4.90. The fourth-order valence-electron chi connectivity index (χ4n) is 1.77. The molecule has 0 aliphatic heterocycles. The van der Waals surface area contributed by atoms with Gasteiger partial charge in [0.1, 0.15) is 6.04 Å². The lowest BCUT2D eigenvalue weighted by atomic mass is 10.2. The van der Waals surface area contributed by atoms with Crippen molar-refractivity contribution < 1.29 is 34.2 Å². The maximum Gasteiger partial charge on any atom is 0.541 e. The van der Waals surface area contributed by atoms with Crippen LogP contribution in [-0.2, 0) is 9.59 Å². The van der Waals surface area contributed by atoms with Gasteiger partial charge in [0.15, 0.2) is 5.82 Å². The summed E-state index contributed by atoms with van der Waals surface area (Å²) >= 11 is 0. The molecule has 0 spiro atoms. The number of amides is 3. The zero-order valence-electron chi connectivity index (χ0n) is 13.3. The molecule has 1 aromatic rings. The van der Waals surface area contributed by atoms with E-state index in [1.54, 1.807) is 0 Å². The number of carbonyl (C=O) groups excluding carboxylic acids is 3. The number of carbonyl (C=O) groups is 3. The zero-order valence-corrected chi connectivity index (χ0v) is 13.3. The standard InChI is InChI=1S/C12H20N6O7/c1-4(20)8(11(22)23)16-12(24)15-6(2-7(14)21)10-17-9(18-25-10)5(13)3-19/h4-6,8,19-20H,2-3,13H2,1H3,(H2,14,21)(H,22,23)(H2,15,16,24)/p+1/t4?,5-,6-,8-/m0/s1. The minimum Gasteiger partial charge on any atom is -0.563 e. The second-order valence-electron chi connectivity index (χ2n) is 5.20. The minimum absolute atomic E-state index is 0.0441. The summed E-state index contributed by atoms with van der Waals surface area (Å²) in [6.07, 6.45) is -1.71. The van der Waals surface area contributed by atoms with Crippen LogP contribution in [0.15, 0.2) is 4.52 Å². The highest BCUT2D eigenvalue weighted by Crippen LogP contribution is 2.16. The SMILES string of the molecule is CC(O)[C@H](NC(=O)N[C@@H](CC(N)=O)c1nc([C@@H](N)CO)no1)C(=O)[OH2+]. The van der Waals surface area contributed by atoms with Crippen LogP contribution in [0.2, 0.25) is 0 Å². The molecular formula is C12H21N6O7+. The van der Waals surface area contributed by atoms with E-state index in [1.165, 1.54) is 6.92 Å². The highest BCUT2D eigenvalue weighted by Gasteiger charge is 2.33. The predicted octanol–water partition coefficient (Wildman–Crippen LogP) is -3.72. The van der Waals surface area contributed by atoms with E-state index in [4.69, 9.17) is 26.2 Å². The van der Waals surface area contributed by atoms with Gasteiger partial charge in [0.2, 0.25) is 17.8 Å². The zero-order chi connectivity index (χ0) is 19.1. The molecule has 0 aliphatic carbocycles. The average Bonchev–Trinajstić information content (AvgIpc) is 3.00. The first kappa shape index (κ1) is 20.3. The molecule has 13 nitrogen and oxygen atoms in total. The molecule has 25 heavy (non-hydrogen) atoms. The first-order valence-corrected chi connectivity index (χ1v) is 7.14. The smallest absolute Gasteiger partial charge is 0.541 e. The van der Waals surface area contributed by atoms with Gasteiger partial charge in [-0.2, -0.15) is 4.98 Å². The number of nitrogens with one attached hydrogen (secondary N) is 2. The van der Waals surface area contributed by atoms with E-state index in [9.17, 15) is 19.5 Å². The Morgan fingerprint density at radius 1 is 1.36 bits per heavy atom. The number of primary amides is 1. The lowest BCUT2D eigenvalue weighted by molar-refractivity contribution is -0.141. The number of hydrogen-bond donors (Lipinski definition) is 6. The number of urea groups is 1. The molecule has 140 valence electrons. The van der Waals surface area contributed by atoms with Crippen molar-refractivity contribution in [3.63, 3.8) is 0 Å². The summed E-state index contributed by atoms with van der Waals surface area (Å²) in [4.78, 5) is 38.1. The third kappa shape index (κ3) is 5.98. The molecule has 3 amide bonds. The van der Waals surface area contributed by atoms with Gasteiger partial charge in [0, 0.05) is 4.79 Å². The van der Waals surface area contributed by atoms with E-state index >= 15 is 0 Å². The van der Waals surface area contributed by atoms with Crippen molar-refractivity contribution in [3.8, 4) is 0 Å². The Balaban J connectivity index is 2.89. The fraction of sp³-hybridized carbons (Fsp3) is 0.583. The van der Waals surface area contributed by atoms with Crippen molar-refractivity contribution in [1.29, 1.82) is 0 Å². The highest BCUT2D eigenvalue weighted by atomic mass is 16.5. The largest absolute Gasteiger partial charge is 0.563 e. The Bertz CT molecular complexity index is 619. The second kappa shape index (κ2) is 8.91. The number of hydrogen-bond acceptors (Lipinski definition) is 9. The number of aromatic nitrogens is 2. The third-order valence-electron chi connectivity index (χ3n) is 3.05. The van der Waals surface area contributed by atoms with Gasteiger partial charge in [-0.25, -0.2) is 4.79 Å². The van der Waals surface area contributed by atoms with Crippen molar-refractivity contribution in [3.05, 3.63) is 11.7 Å². The van der Waals surface area contributed by atoms with Crippen LogP contribution in [0.1, 0.15) is 37.1 Å². The molecule has 1 heterocycles. The van der Waals surface area contributed by atoms with Crippen LogP contribution in [0.25, 0.3) is 0 Å². The summed E-state index contributed by atoms with van der Waals surface area (Å²) in [5.41, 5.74) is 10.6. The van der Waals surface area contributed by atoms with E-state index in [2.05, 4.69) is 20.8 Å². The molecule has 0 aliphatic rings. The second-order valence-corrected chi connectivity index (χ2v) is 5.20. The first-order chi connectivity index (χ1) is 11.6. The normalized spacial score (nSPS) is 15.7. The van der Waals surface area contributed by atoms with Crippen LogP contribution in [0.5, 0.6) is 0 Å². The molecule has 0 saturated heterocycles. The number of aliphatic hydroxyl groups is 2. The van der Waals surface area contributed by atoms with E-state index in [1.807, 2.05) is 0 Å². The lowest BCUT2D eigenvalue weighted by Gasteiger charge is -2.17. The fourth-order valence-corrected chi connectivity index (χ4v) is 1.77. The molecular weight excluding hydrogens is 340 g/mol. The van der Waals surface area contributed by atoms with Crippen LogP contribution in [0, 0.1) is 0 Å². The van der Waals surface area contributed by atoms with Gasteiger partial charge in [-0.3, -0.25) is 4.79 Å². The van der Waals surface area contributed by atoms with Crippen molar-refractivity contribution in [2.24, 2.45) is 11.5 Å².